The lowest BCUT2D eigenvalue weighted by atomic mass is 9.49. The van der Waals surface area contributed by atoms with Crippen molar-refractivity contribution in [1.29, 1.82) is 0 Å². The summed E-state index contributed by atoms with van der Waals surface area (Å²) in [5.74, 6) is 1.54. The molecule has 168 valence electrons. The molecule has 0 saturated heterocycles. The summed E-state index contributed by atoms with van der Waals surface area (Å²) in [6, 6.07) is 7.51. The lowest BCUT2D eigenvalue weighted by Crippen LogP contribution is -2.54. The number of carbonyl (C=O) groups excluding carboxylic acids is 2. The molecule has 1 aromatic rings. The van der Waals surface area contributed by atoms with Crippen LogP contribution < -0.4 is 14.9 Å². The van der Waals surface area contributed by atoms with Crippen LogP contribution in [0.4, 0.5) is 5.69 Å². The third-order valence-corrected chi connectivity index (χ3v) is 9.56. The molecule has 0 spiro atoms. The minimum absolute atomic E-state index is 0.0167. The van der Waals surface area contributed by atoms with Crippen LogP contribution in [0.25, 0.3) is 0 Å². The first kappa shape index (κ1) is 20.8. The molecule has 8 heteroatoms. The minimum Gasteiger partial charge on any atom is -0.353 e. The van der Waals surface area contributed by atoms with E-state index in [4.69, 9.17) is 0 Å². The fourth-order valence-electron chi connectivity index (χ4n) is 6.83. The number of rotatable bonds is 7. The zero-order valence-corrected chi connectivity index (χ0v) is 18.6. The van der Waals surface area contributed by atoms with Gasteiger partial charge in [0.15, 0.2) is 0 Å². The van der Waals surface area contributed by atoms with Gasteiger partial charge in [-0.3, -0.25) is 13.9 Å². The number of anilines is 1. The van der Waals surface area contributed by atoms with Crippen molar-refractivity contribution in [3.05, 3.63) is 29.8 Å². The van der Waals surface area contributed by atoms with Gasteiger partial charge in [-0.1, -0.05) is 18.2 Å². The molecule has 1 heterocycles. The Labute approximate surface area is 184 Å². The normalized spacial score (nSPS) is 30.8. The second-order valence-electron chi connectivity index (χ2n) is 10.00. The molecular formula is C23H31N3O4S. The number of benzene rings is 1. The number of fused-ring (bicyclic) bond motifs is 1. The van der Waals surface area contributed by atoms with Crippen LogP contribution in [-0.2, 0) is 26.0 Å². The molecule has 0 atom stereocenters. The number of amides is 2. The van der Waals surface area contributed by atoms with E-state index in [-0.39, 0.29) is 36.1 Å². The molecule has 0 radical (unpaired) electrons. The number of nitrogens with zero attached hydrogens (tertiary/aromatic N) is 1. The van der Waals surface area contributed by atoms with Crippen molar-refractivity contribution < 1.29 is 18.0 Å². The van der Waals surface area contributed by atoms with Crippen molar-refractivity contribution in [2.45, 2.75) is 44.9 Å². The zero-order chi connectivity index (χ0) is 21.6. The van der Waals surface area contributed by atoms with E-state index in [1.165, 1.54) is 23.6 Å². The maximum absolute atomic E-state index is 12.9. The molecule has 4 fully saturated rings. The maximum Gasteiger partial charge on any atom is 0.239 e. The molecule has 4 bridgehead atoms. The molecule has 6 rings (SSSR count). The highest BCUT2D eigenvalue weighted by molar-refractivity contribution is 7.92. The first-order chi connectivity index (χ1) is 14.8. The van der Waals surface area contributed by atoms with Crippen LogP contribution in [0.15, 0.2) is 24.3 Å². The van der Waals surface area contributed by atoms with Crippen LogP contribution in [-0.4, -0.2) is 45.6 Å². The lowest BCUT2D eigenvalue weighted by molar-refractivity contribution is -0.147. The second-order valence-corrected chi connectivity index (χ2v) is 12.0. The van der Waals surface area contributed by atoms with Gasteiger partial charge >= 0.3 is 0 Å². The summed E-state index contributed by atoms with van der Waals surface area (Å²) < 4.78 is 26.8. The molecule has 7 nitrogen and oxygen atoms in total. The van der Waals surface area contributed by atoms with Gasteiger partial charge in [0, 0.05) is 18.5 Å². The summed E-state index contributed by atoms with van der Waals surface area (Å²) in [6.45, 7) is 0.386. The van der Waals surface area contributed by atoms with Gasteiger partial charge in [-0.05, 0) is 74.3 Å². The Balaban J connectivity index is 1.09. The number of hydrogen-bond donors (Lipinski definition) is 2. The van der Waals surface area contributed by atoms with Crippen molar-refractivity contribution in [2.75, 3.05) is 29.7 Å². The topological polar surface area (TPSA) is 95.6 Å². The molecule has 0 aromatic heterocycles. The summed E-state index contributed by atoms with van der Waals surface area (Å²) in [6.07, 6.45) is 7.39. The van der Waals surface area contributed by atoms with Crippen LogP contribution in [0.5, 0.6) is 0 Å². The molecule has 2 N–H and O–H groups in total. The van der Waals surface area contributed by atoms with Crippen LogP contribution in [0.2, 0.25) is 0 Å². The van der Waals surface area contributed by atoms with E-state index in [1.807, 2.05) is 24.3 Å². The van der Waals surface area contributed by atoms with Crippen LogP contribution in [0.1, 0.15) is 44.1 Å². The van der Waals surface area contributed by atoms with E-state index in [9.17, 15) is 18.0 Å². The number of sulfonamides is 1. The fraction of sp³-hybridized carbons (Fsp3) is 0.652. The summed E-state index contributed by atoms with van der Waals surface area (Å²) in [5, 5.41) is 5.50. The van der Waals surface area contributed by atoms with Crippen molar-refractivity contribution in [1.82, 2.24) is 10.6 Å². The third kappa shape index (κ3) is 3.95. The molecule has 1 aromatic carbocycles. The summed E-state index contributed by atoms with van der Waals surface area (Å²) >= 11 is 0. The highest BCUT2D eigenvalue weighted by Crippen LogP contribution is 2.60. The van der Waals surface area contributed by atoms with E-state index < -0.39 is 10.0 Å². The molecule has 4 aliphatic carbocycles. The number of para-hydroxylation sites is 1. The Morgan fingerprint density at radius 1 is 1.00 bits per heavy atom. The van der Waals surface area contributed by atoms with Crippen molar-refractivity contribution in [2.24, 2.45) is 23.2 Å². The quantitative estimate of drug-likeness (QED) is 0.669. The summed E-state index contributed by atoms with van der Waals surface area (Å²) in [4.78, 5) is 25.2. The average molecular weight is 446 g/mol. The number of hydrogen-bond acceptors (Lipinski definition) is 4. The van der Waals surface area contributed by atoms with Gasteiger partial charge in [-0.15, -0.1) is 0 Å². The monoisotopic (exact) mass is 445 g/mol. The Morgan fingerprint density at radius 3 is 2.32 bits per heavy atom. The molecule has 31 heavy (non-hydrogen) atoms. The zero-order valence-electron chi connectivity index (χ0n) is 17.8. The average Bonchev–Trinajstić information content (AvgIpc) is 3.16. The van der Waals surface area contributed by atoms with Crippen LogP contribution in [0.3, 0.4) is 0 Å². The maximum atomic E-state index is 12.9. The molecule has 5 aliphatic rings. The van der Waals surface area contributed by atoms with Crippen LogP contribution >= 0.6 is 0 Å². The van der Waals surface area contributed by atoms with Gasteiger partial charge in [0.2, 0.25) is 21.8 Å². The van der Waals surface area contributed by atoms with Gasteiger partial charge in [0.25, 0.3) is 0 Å². The number of carbonyl (C=O) groups is 2. The molecule has 1 aliphatic heterocycles. The van der Waals surface area contributed by atoms with Crippen molar-refractivity contribution in [3.8, 4) is 0 Å². The highest BCUT2D eigenvalue weighted by atomic mass is 32.2. The lowest BCUT2D eigenvalue weighted by Gasteiger charge is -2.55. The Hall–Kier alpha value is -2.09. The fourth-order valence-corrected chi connectivity index (χ4v) is 8.25. The largest absolute Gasteiger partial charge is 0.353 e. The van der Waals surface area contributed by atoms with Gasteiger partial charge in [0.05, 0.1) is 18.0 Å². The third-order valence-electron chi connectivity index (χ3n) is 7.79. The van der Waals surface area contributed by atoms with E-state index in [0.29, 0.717) is 30.7 Å². The van der Waals surface area contributed by atoms with Gasteiger partial charge < -0.3 is 10.6 Å². The Morgan fingerprint density at radius 2 is 1.65 bits per heavy atom. The molecule has 0 unspecified atom stereocenters. The van der Waals surface area contributed by atoms with Gasteiger partial charge in [0.1, 0.15) is 0 Å². The van der Waals surface area contributed by atoms with Crippen molar-refractivity contribution >= 4 is 27.5 Å². The SMILES string of the molecule is O=C(CNC(=O)C12CC3CC(CC(C3)C1)C2)NCCS(=O)(=O)N1CCc2ccccc21. The first-order valence-corrected chi connectivity index (χ1v) is 13.1. The van der Waals surface area contributed by atoms with Gasteiger partial charge in [-0.2, -0.15) is 0 Å². The van der Waals surface area contributed by atoms with Gasteiger partial charge in [-0.25, -0.2) is 8.42 Å². The highest BCUT2D eigenvalue weighted by Gasteiger charge is 2.54. The first-order valence-electron chi connectivity index (χ1n) is 11.5. The molecular weight excluding hydrogens is 414 g/mol. The summed E-state index contributed by atoms with van der Waals surface area (Å²) in [7, 11) is -3.50. The summed E-state index contributed by atoms with van der Waals surface area (Å²) in [5.41, 5.74) is 1.49. The van der Waals surface area contributed by atoms with Crippen LogP contribution in [0, 0.1) is 23.2 Å². The van der Waals surface area contributed by atoms with E-state index in [1.54, 1.807) is 0 Å². The standard InChI is InChI=1S/C23H31N3O4S/c27-21(15-25-22(28)23-12-16-9-17(13-23)11-18(10-16)14-23)24-6-8-31(29,30)26-7-5-19-3-1-2-4-20(19)26/h1-4,16-18H,5-15H2,(H,24,27)(H,25,28). The predicted octanol–water partition coefficient (Wildman–Crippen LogP) is 1.83. The Kier molecular flexibility index (Phi) is 5.23. The second kappa shape index (κ2) is 7.80. The molecule has 2 amide bonds. The van der Waals surface area contributed by atoms with E-state index in [2.05, 4.69) is 10.6 Å². The Bertz CT molecular complexity index is 955. The number of nitrogens with one attached hydrogen (secondary N) is 2. The van der Waals surface area contributed by atoms with Crippen molar-refractivity contribution in [3.63, 3.8) is 0 Å². The predicted molar refractivity (Wildman–Crippen MR) is 118 cm³/mol. The minimum atomic E-state index is -3.50. The smallest absolute Gasteiger partial charge is 0.239 e. The van der Waals surface area contributed by atoms with E-state index in [0.717, 1.165) is 30.5 Å². The molecule has 4 saturated carbocycles. The van der Waals surface area contributed by atoms with E-state index >= 15 is 0 Å².